The molecule has 0 atom stereocenters. The predicted molar refractivity (Wildman–Crippen MR) is 95.2 cm³/mol. The van der Waals surface area contributed by atoms with Crippen molar-refractivity contribution in [2.75, 3.05) is 5.32 Å². The molecule has 3 rings (SSSR count). The molecule has 0 radical (unpaired) electrons. The Hall–Kier alpha value is -2.46. The highest BCUT2D eigenvalue weighted by molar-refractivity contribution is 7.09. The topological polar surface area (TPSA) is 42.0 Å². The van der Waals surface area contributed by atoms with Crippen LogP contribution in [0.2, 0.25) is 0 Å². The number of carbonyl (C=O) groups excluding carboxylic acids is 1. The van der Waals surface area contributed by atoms with Gasteiger partial charge in [0.2, 0.25) is 0 Å². The fourth-order valence-electron chi connectivity index (χ4n) is 2.41. The van der Waals surface area contributed by atoms with Crippen LogP contribution >= 0.6 is 11.3 Å². The Kier molecular flexibility index (Phi) is 4.53. The van der Waals surface area contributed by atoms with Gasteiger partial charge in [-0.15, -0.1) is 11.3 Å². The Bertz CT molecular complexity index is 824. The lowest BCUT2D eigenvalue weighted by atomic mass is 10.1. The highest BCUT2D eigenvalue weighted by atomic mass is 32.1. The van der Waals surface area contributed by atoms with E-state index in [1.807, 2.05) is 49.6 Å². The van der Waals surface area contributed by atoms with Crippen molar-refractivity contribution in [2.45, 2.75) is 20.3 Å². The summed E-state index contributed by atoms with van der Waals surface area (Å²) in [7, 11) is 0. The molecule has 1 aromatic heterocycles. The van der Waals surface area contributed by atoms with Gasteiger partial charge in [-0.05, 0) is 31.0 Å². The number of hydrogen-bond acceptors (Lipinski definition) is 3. The van der Waals surface area contributed by atoms with Gasteiger partial charge >= 0.3 is 0 Å². The number of nitrogens with one attached hydrogen (secondary N) is 1. The molecule has 2 aromatic carbocycles. The molecule has 4 heteroatoms. The third-order valence-corrected chi connectivity index (χ3v) is 4.46. The van der Waals surface area contributed by atoms with E-state index >= 15 is 0 Å². The summed E-state index contributed by atoms with van der Waals surface area (Å²) in [4.78, 5) is 16.8. The van der Waals surface area contributed by atoms with Gasteiger partial charge in [-0.1, -0.05) is 48.0 Å². The third kappa shape index (κ3) is 3.85. The second kappa shape index (κ2) is 6.75. The molecule has 0 fully saturated rings. The van der Waals surface area contributed by atoms with Crippen molar-refractivity contribution in [3.63, 3.8) is 0 Å². The van der Waals surface area contributed by atoms with Gasteiger partial charge in [-0.3, -0.25) is 4.79 Å². The van der Waals surface area contributed by atoms with Crippen LogP contribution < -0.4 is 5.32 Å². The first-order valence-corrected chi connectivity index (χ1v) is 8.37. The van der Waals surface area contributed by atoms with Crippen LogP contribution in [0, 0.1) is 13.8 Å². The van der Waals surface area contributed by atoms with Crippen LogP contribution in [0.15, 0.2) is 53.9 Å². The summed E-state index contributed by atoms with van der Waals surface area (Å²) in [6.45, 7) is 4.03. The maximum Gasteiger partial charge on any atom is 0.275 e. The zero-order valence-electron chi connectivity index (χ0n) is 13.2. The lowest BCUT2D eigenvalue weighted by Gasteiger charge is -2.07. The SMILES string of the molecule is Cc1ccc(NC(=O)c2csc(Cc3ccccc3)n2)c(C)c1. The number of amides is 1. The van der Waals surface area contributed by atoms with E-state index in [0.717, 1.165) is 22.7 Å². The predicted octanol–water partition coefficient (Wildman–Crippen LogP) is 4.60. The number of aryl methyl sites for hydroxylation is 2. The molecule has 0 spiro atoms. The second-order valence-corrected chi connectivity index (χ2v) is 6.50. The maximum atomic E-state index is 12.4. The number of thiazole rings is 1. The Labute approximate surface area is 140 Å². The number of carbonyl (C=O) groups is 1. The van der Waals surface area contributed by atoms with Crippen molar-refractivity contribution >= 4 is 22.9 Å². The van der Waals surface area contributed by atoms with Crippen LogP contribution in [-0.2, 0) is 6.42 Å². The van der Waals surface area contributed by atoms with Gasteiger partial charge in [0, 0.05) is 17.5 Å². The van der Waals surface area contributed by atoms with Gasteiger partial charge in [0.05, 0.1) is 5.01 Å². The van der Waals surface area contributed by atoms with Gasteiger partial charge in [-0.25, -0.2) is 4.98 Å². The summed E-state index contributed by atoms with van der Waals surface area (Å²) in [6, 6.07) is 16.1. The second-order valence-electron chi connectivity index (χ2n) is 5.56. The smallest absolute Gasteiger partial charge is 0.275 e. The van der Waals surface area contributed by atoms with Crippen LogP contribution in [0.25, 0.3) is 0 Å². The molecule has 0 bridgehead atoms. The molecule has 0 aliphatic heterocycles. The molecular weight excluding hydrogens is 304 g/mol. The lowest BCUT2D eigenvalue weighted by molar-refractivity contribution is 0.102. The molecule has 3 aromatic rings. The monoisotopic (exact) mass is 322 g/mol. The van der Waals surface area contributed by atoms with Gasteiger partial charge in [0.1, 0.15) is 5.69 Å². The fourth-order valence-corrected chi connectivity index (χ4v) is 3.22. The molecule has 0 unspecified atom stereocenters. The molecule has 1 heterocycles. The van der Waals surface area contributed by atoms with E-state index in [2.05, 4.69) is 28.5 Å². The van der Waals surface area contributed by atoms with E-state index in [9.17, 15) is 4.79 Å². The summed E-state index contributed by atoms with van der Waals surface area (Å²) in [5.41, 5.74) is 4.74. The standard InChI is InChI=1S/C19H18N2OS/c1-13-8-9-16(14(2)10-13)21-19(22)17-12-23-18(20-17)11-15-6-4-3-5-7-15/h3-10,12H,11H2,1-2H3,(H,21,22). The molecule has 0 aliphatic rings. The first-order chi connectivity index (χ1) is 11.1. The number of hydrogen-bond donors (Lipinski definition) is 1. The quantitative estimate of drug-likeness (QED) is 0.762. The Balaban J connectivity index is 1.71. The molecule has 0 aliphatic carbocycles. The molecule has 23 heavy (non-hydrogen) atoms. The molecule has 0 saturated heterocycles. The molecule has 0 saturated carbocycles. The molecule has 1 N–H and O–H groups in total. The Morgan fingerprint density at radius 1 is 1.13 bits per heavy atom. The van der Waals surface area contributed by atoms with Crippen LogP contribution in [0.4, 0.5) is 5.69 Å². The number of aromatic nitrogens is 1. The van der Waals surface area contributed by atoms with Crippen LogP contribution in [-0.4, -0.2) is 10.9 Å². The Morgan fingerprint density at radius 3 is 2.65 bits per heavy atom. The number of nitrogens with zero attached hydrogens (tertiary/aromatic N) is 1. The van der Waals surface area contributed by atoms with E-state index in [4.69, 9.17) is 0 Å². The highest BCUT2D eigenvalue weighted by Gasteiger charge is 2.12. The minimum Gasteiger partial charge on any atom is -0.320 e. The molecular formula is C19H18N2OS. The Morgan fingerprint density at radius 2 is 1.91 bits per heavy atom. The first kappa shape index (κ1) is 15.4. The van der Waals surface area contributed by atoms with E-state index in [0.29, 0.717) is 5.69 Å². The van der Waals surface area contributed by atoms with E-state index in [-0.39, 0.29) is 5.91 Å². The minimum absolute atomic E-state index is 0.160. The lowest BCUT2D eigenvalue weighted by Crippen LogP contribution is -2.13. The molecule has 1 amide bonds. The van der Waals surface area contributed by atoms with Crippen LogP contribution in [0.1, 0.15) is 32.2 Å². The maximum absolute atomic E-state index is 12.4. The average Bonchev–Trinajstić information content (AvgIpc) is 3.00. The fraction of sp³-hybridized carbons (Fsp3) is 0.158. The minimum atomic E-state index is -0.160. The summed E-state index contributed by atoms with van der Waals surface area (Å²) < 4.78 is 0. The highest BCUT2D eigenvalue weighted by Crippen LogP contribution is 2.19. The van der Waals surface area contributed by atoms with Gasteiger partial charge in [0.25, 0.3) is 5.91 Å². The summed E-state index contributed by atoms with van der Waals surface area (Å²) in [5.74, 6) is -0.160. The molecule has 116 valence electrons. The van der Waals surface area contributed by atoms with Gasteiger partial charge in [0.15, 0.2) is 0 Å². The number of anilines is 1. The van der Waals surface area contributed by atoms with E-state index in [1.54, 1.807) is 0 Å². The van der Waals surface area contributed by atoms with E-state index < -0.39 is 0 Å². The molecule has 3 nitrogen and oxygen atoms in total. The zero-order chi connectivity index (χ0) is 16.2. The first-order valence-electron chi connectivity index (χ1n) is 7.49. The largest absolute Gasteiger partial charge is 0.320 e. The number of benzene rings is 2. The van der Waals surface area contributed by atoms with Crippen molar-refractivity contribution in [3.8, 4) is 0 Å². The van der Waals surface area contributed by atoms with Crippen molar-refractivity contribution in [2.24, 2.45) is 0 Å². The zero-order valence-corrected chi connectivity index (χ0v) is 14.0. The summed E-state index contributed by atoms with van der Waals surface area (Å²) >= 11 is 1.52. The van der Waals surface area contributed by atoms with Crippen molar-refractivity contribution < 1.29 is 4.79 Å². The average molecular weight is 322 g/mol. The van der Waals surface area contributed by atoms with Crippen molar-refractivity contribution in [3.05, 3.63) is 81.3 Å². The van der Waals surface area contributed by atoms with Crippen molar-refractivity contribution in [1.82, 2.24) is 4.98 Å². The van der Waals surface area contributed by atoms with Gasteiger partial charge < -0.3 is 5.32 Å². The van der Waals surface area contributed by atoms with Crippen LogP contribution in [0.5, 0.6) is 0 Å². The summed E-state index contributed by atoms with van der Waals surface area (Å²) in [6.07, 6.45) is 0.752. The normalized spacial score (nSPS) is 10.5. The van der Waals surface area contributed by atoms with Crippen LogP contribution in [0.3, 0.4) is 0 Å². The third-order valence-electron chi connectivity index (χ3n) is 3.61. The van der Waals surface area contributed by atoms with Crippen molar-refractivity contribution in [1.29, 1.82) is 0 Å². The summed E-state index contributed by atoms with van der Waals surface area (Å²) in [5, 5.41) is 5.70. The van der Waals surface area contributed by atoms with E-state index in [1.165, 1.54) is 22.5 Å². The number of rotatable bonds is 4. The van der Waals surface area contributed by atoms with Gasteiger partial charge in [-0.2, -0.15) is 0 Å².